The molecule has 3 aromatic rings. The Morgan fingerprint density at radius 3 is 2.86 bits per heavy atom. The molecule has 112 valence electrons. The Morgan fingerprint density at radius 1 is 1.18 bits per heavy atom. The summed E-state index contributed by atoms with van der Waals surface area (Å²) < 4.78 is 1.38. The maximum atomic E-state index is 5.80. The van der Waals surface area contributed by atoms with Gasteiger partial charge in [-0.1, -0.05) is 36.4 Å². The molecule has 4 rings (SSSR count). The second kappa shape index (κ2) is 5.51. The lowest BCUT2D eigenvalue weighted by Crippen LogP contribution is -2.30. The fraction of sp³-hybridized carbons (Fsp3) is 0.263. The summed E-state index contributed by atoms with van der Waals surface area (Å²) in [5.74, 6) is 0.470. The molecule has 1 unspecified atom stereocenters. The van der Waals surface area contributed by atoms with Crippen molar-refractivity contribution in [2.45, 2.75) is 19.0 Å². The van der Waals surface area contributed by atoms with Crippen LogP contribution in [0.4, 0.5) is 0 Å². The molecule has 0 fully saturated rings. The first kappa shape index (κ1) is 13.9. The van der Waals surface area contributed by atoms with Crippen LogP contribution in [0.1, 0.15) is 27.5 Å². The Kier molecular flexibility index (Phi) is 3.49. The highest BCUT2D eigenvalue weighted by molar-refractivity contribution is 7.19. The van der Waals surface area contributed by atoms with Crippen molar-refractivity contribution >= 4 is 21.4 Å². The van der Waals surface area contributed by atoms with Crippen LogP contribution in [-0.4, -0.2) is 18.5 Å². The van der Waals surface area contributed by atoms with Gasteiger partial charge in [-0.2, -0.15) is 0 Å². The normalized spacial score (nSPS) is 18.5. The highest BCUT2D eigenvalue weighted by Crippen LogP contribution is 2.39. The van der Waals surface area contributed by atoms with Crippen LogP contribution >= 0.6 is 11.3 Å². The fourth-order valence-electron chi connectivity index (χ4n) is 3.45. The van der Waals surface area contributed by atoms with E-state index >= 15 is 0 Å². The van der Waals surface area contributed by atoms with E-state index in [2.05, 4.69) is 60.5 Å². The van der Waals surface area contributed by atoms with Crippen LogP contribution < -0.4 is 5.73 Å². The molecule has 1 atom stereocenters. The number of thiophene rings is 1. The molecule has 0 saturated heterocycles. The maximum absolute atomic E-state index is 5.80. The van der Waals surface area contributed by atoms with E-state index < -0.39 is 0 Å². The molecule has 1 aromatic heterocycles. The largest absolute Gasteiger partial charge is 0.326 e. The highest BCUT2D eigenvalue weighted by atomic mass is 32.1. The van der Waals surface area contributed by atoms with E-state index in [0.29, 0.717) is 12.5 Å². The third-order valence-electron chi connectivity index (χ3n) is 4.54. The van der Waals surface area contributed by atoms with Crippen LogP contribution in [0, 0.1) is 0 Å². The summed E-state index contributed by atoms with van der Waals surface area (Å²) in [6.07, 6.45) is 0. The SMILES string of the molecule is CN1Cc2cc(CN)ccc2C(c2cc3ccccc3s2)C1. The maximum Gasteiger partial charge on any atom is 0.0345 e. The molecule has 0 radical (unpaired) electrons. The molecule has 3 heteroatoms. The summed E-state index contributed by atoms with van der Waals surface area (Å²) >= 11 is 1.93. The molecule has 1 aliphatic heterocycles. The topological polar surface area (TPSA) is 29.3 Å². The van der Waals surface area contributed by atoms with Crippen LogP contribution in [0.3, 0.4) is 0 Å². The summed E-state index contributed by atoms with van der Waals surface area (Å²) in [6, 6.07) is 17.8. The van der Waals surface area contributed by atoms with Gasteiger partial charge in [-0.25, -0.2) is 0 Å². The van der Waals surface area contributed by atoms with Crippen molar-refractivity contribution in [3.05, 3.63) is 70.1 Å². The van der Waals surface area contributed by atoms with Gasteiger partial charge in [0.1, 0.15) is 0 Å². The van der Waals surface area contributed by atoms with Gasteiger partial charge in [-0.3, -0.25) is 0 Å². The van der Waals surface area contributed by atoms with Crippen LogP contribution in [0.5, 0.6) is 0 Å². The van der Waals surface area contributed by atoms with E-state index in [1.54, 1.807) is 0 Å². The first-order valence-electron chi connectivity index (χ1n) is 7.73. The van der Waals surface area contributed by atoms with Crippen LogP contribution in [0.2, 0.25) is 0 Å². The van der Waals surface area contributed by atoms with E-state index in [9.17, 15) is 0 Å². The van der Waals surface area contributed by atoms with Gasteiger partial charge >= 0.3 is 0 Å². The van der Waals surface area contributed by atoms with Crippen LogP contribution in [-0.2, 0) is 13.1 Å². The lowest BCUT2D eigenvalue weighted by atomic mass is 9.87. The van der Waals surface area contributed by atoms with E-state index in [1.165, 1.54) is 31.7 Å². The molecular weight excluding hydrogens is 288 g/mol. The molecule has 0 spiro atoms. The standard InChI is InChI=1S/C19H20N2S/c1-21-11-15-8-13(10-20)6-7-16(15)17(12-21)19-9-14-4-2-3-5-18(14)22-19/h2-9,17H,10-12,20H2,1H3. The first-order chi connectivity index (χ1) is 10.7. The van der Waals surface area contributed by atoms with Gasteiger partial charge in [0.2, 0.25) is 0 Å². The van der Waals surface area contributed by atoms with E-state index in [-0.39, 0.29) is 0 Å². The van der Waals surface area contributed by atoms with Gasteiger partial charge < -0.3 is 10.6 Å². The van der Waals surface area contributed by atoms with Crippen LogP contribution in [0.25, 0.3) is 10.1 Å². The minimum Gasteiger partial charge on any atom is -0.326 e. The minimum atomic E-state index is 0.470. The number of likely N-dealkylation sites (N-methyl/N-ethyl adjacent to an activating group) is 1. The van der Waals surface area contributed by atoms with Gasteiger partial charge in [0.25, 0.3) is 0 Å². The van der Waals surface area contributed by atoms with Crippen LogP contribution in [0.15, 0.2) is 48.5 Å². The molecule has 2 heterocycles. The number of rotatable bonds is 2. The van der Waals surface area contributed by atoms with E-state index in [4.69, 9.17) is 5.73 Å². The first-order valence-corrected chi connectivity index (χ1v) is 8.55. The number of nitrogens with zero attached hydrogens (tertiary/aromatic N) is 1. The number of hydrogen-bond acceptors (Lipinski definition) is 3. The van der Waals surface area contributed by atoms with E-state index in [0.717, 1.165) is 13.1 Å². The Labute approximate surface area is 135 Å². The van der Waals surface area contributed by atoms with Crippen molar-refractivity contribution in [2.24, 2.45) is 5.73 Å². The molecule has 0 saturated carbocycles. The molecule has 1 aliphatic rings. The van der Waals surface area contributed by atoms with Gasteiger partial charge in [0.05, 0.1) is 0 Å². The van der Waals surface area contributed by atoms with Crippen molar-refractivity contribution in [3.8, 4) is 0 Å². The molecule has 22 heavy (non-hydrogen) atoms. The molecule has 0 aliphatic carbocycles. The Bertz CT molecular complexity index is 788. The molecule has 2 N–H and O–H groups in total. The predicted molar refractivity (Wildman–Crippen MR) is 94.3 cm³/mol. The predicted octanol–water partition coefficient (Wildman–Crippen LogP) is 3.94. The fourth-order valence-corrected chi connectivity index (χ4v) is 4.62. The number of fused-ring (bicyclic) bond motifs is 2. The van der Waals surface area contributed by atoms with Crippen molar-refractivity contribution in [3.63, 3.8) is 0 Å². The average Bonchev–Trinajstić information content (AvgIpc) is 2.97. The minimum absolute atomic E-state index is 0.470. The molecule has 2 aromatic carbocycles. The quantitative estimate of drug-likeness (QED) is 0.777. The number of benzene rings is 2. The molecule has 2 nitrogen and oxygen atoms in total. The van der Waals surface area contributed by atoms with E-state index in [1.807, 2.05) is 11.3 Å². The van der Waals surface area contributed by atoms with Gasteiger partial charge in [-0.05, 0) is 41.3 Å². The molecule has 0 amide bonds. The summed E-state index contributed by atoms with van der Waals surface area (Å²) in [6.45, 7) is 2.72. The van der Waals surface area contributed by atoms with Crippen molar-refractivity contribution in [2.75, 3.05) is 13.6 Å². The summed E-state index contributed by atoms with van der Waals surface area (Å²) in [5, 5.41) is 1.36. The van der Waals surface area contributed by atoms with Crippen molar-refractivity contribution in [1.82, 2.24) is 4.90 Å². The Hall–Kier alpha value is -1.68. The molecular formula is C19H20N2S. The Balaban J connectivity index is 1.82. The summed E-state index contributed by atoms with van der Waals surface area (Å²) in [5.41, 5.74) is 9.93. The Morgan fingerprint density at radius 2 is 2.05 bits per heavy atom. The van der Waals surface area contributed by atoms with Gasteiger partial charge in [0, 0.05) is 35.1 Å². The lowest BCUT2D eigenvalue weighted by Gasteiger charge is -2.32. The molecule has 0 bridgehead atoms. The van der Waals surface area contributed by atoms with Gasteiger partial charge in [0.15, 0.2) is 0 Å². The monoisotopic (exact) mass is 308 g/mol. The lowest BCUT2D eigenvalue weighted by molar-refractivity contribution is 0.296. The summed E-state index contributed by atoms with van der Waals surface area (Å²) in [4.78, 5) is 3.88. The second-order valence-corrected chi connectivity index (χ2v) is 7.29. The number of hydrogen-bond donors (Lipinski definition) is 1. The third kappa shape index (κ3) is 2.35. The highest BCUT2D eigenvalue weighted by Gasteiger charge is 2.26. The number of nitrogens with two attached hydrogens (primary N) is 1. The zero-order valence-electron chi connectivity index (χ0n) is 12.8. The zero-order chi connectivity index (χ0) is 15.1. The van der Waals surface area contributed by atoms with Crippen molar-refractivity contribution < 1.29 is 0 Å². The summed E-state index contributed by atoms with van der Waals surface area (Å²) in [7, 11) is 2.21. The second-order valence-electron chi connectivity index (χ2n) is 6.17. The average molecular weight is 308 g/mol. The van der Waals surface area contributed by atoms with Crippen molar-refractivity contribution in [1.29, 1.82) is 0 Å². The van der Waals surface area contributed by atoms with Gasteiger partial charge in [-0.15, -0.1) is 11.3 Å². The zero-order valence-corrected chi connectivity index (χ0v) is 13.6. The smallest absolute Gasteiger partial charge is 0.0345 e. The third-order valence-corrected chi connectivity index (χ3v) is 5.77.